The van der Waals surface area contributed by atoms with E-state index < -0.39 is 0 Å². The Morgan fingerprint density at radius 2 is 2.64 bits per heavy atom. The third-order valence-electron chi connectivity index (χ3n) is 1.99. The first kappa shape index (κ1) is 7.50. The Bertz CT molecular complexity index is 218. The topological polar surface area (TPSA) is 20.3 Å². The van der Waals surface area contributed by atoms with E-state index in [2.05, 4.69) is 0 Å². The van der Waals surface area contributed by atoms with Crippen LogP contribution in [0.3, 0.4) is 0 Å². The van der Waals surface area contributed by atoms with Crippen molar-refractivity contribution in [1.29, 1.82) is 0 Å². The molecule has 1 saturated heterocycles. The summed E-state index contributed by atoms with van der Waals surface area (Å²) in [5, 5.41) is 0.324. The summed E-state index contributed by atoms with van der Waals surface area (Å²) in [7, 11) is 0. The standard InChI is InChI=1S/C7H8ClNOS/c8-4-5-6(10)9-2-1-3-11-7(5)9/h1-2,5,7H,3-4H2/t5?,7-/m0/s1. The van der Waals surface area contributed by atoms with Gasteiger partial charge >= 0.3 is 0 Å². The number of carbonyl (C=O) groups is 1. The number of thioether (sulfide) groups is 1. The molecular formula is C7H8ClNOS. The average Bonchev–Trinajstić information content (AvgIpc) is 2.05. The van der Waals surface area contributed by atoms with Crippen molar-refractivity contribution in [3.63, 3.8) is 0 Å². The molecule has 2 heterocycles. The van der Waals surface area contributed by atoms with E-state index in [1.54, 1.807) is 16.7 Å². The Balaban J connectivity index is 2.12. The van der Waals surface area contributed by atoms with Gasteiger partial charge in [0.1, 0.15) is 0 Å². The van der Waals surface area contributed by atoms with E-state index in [1.807, 2.05) is 12.3 Å². The molecule has 0 N–H and O–H groups in total. The zero-order valence-corrected chi connectivity index (χ0v) is 7.44. The van der Waals surface area contributed by atoms with Crippen molar-refractivity contribution < 1.29 is 4.79 Å². The molecule has 2 aliphatic rings. The van der Waals surface area contributed by atoms with Gasteiger partial charge in [-0.25, -0.2) is 0 Å². The fraction of sp³-hybridized carbons (Fsp3) is 0.571. The predicted molar refractivity (Wildman–Crippen MR) is 46.4 cm³/mol. The van der Waals surface area contributed by atoms with E-state index in [-0.39, 0.29) is 11.8 Å². The molecular weight excluding hydrogens is 182 g/mol. The lowest BCUT2D eigenvalue weighted by Gasteiger charge is -2.45. The van der Waals surface area contributed by atoms with Crippen molar-refractivity contribution in [2.75, 3.05) is 11.6 Å². The summed E-state index contributed by atoms with van der Waals surface area (Å²) < 4.78 is 0. The maximum Gasteiger partial charge on any atom is 0.234 e. The molecule has 0 aliphatic carbocycles. The van der Waals surface area contributed by atoms with Gasteiger partial charge in [0.15, 0.2) is 0 Å². The van der Waals surface area contributed by atoms with Crippen molar-refractivity contribution in [2.24, 2.45) is 5.92 Å². The summed E-state index contributed by atoms with van der Waals surface area (Å²) in [6.07, 6.45) is 3.87. The van der Waals surface area contributed by atoms with Crippen LogP contribution in [0.4, 0.5) is 0 Å². The highest BCUT2D eigenvalue weighted by Gasteiger charge is 2.46. The van der Waals surface area contributed by atoms with Gasteiger partial charge in [-0.15, -0.1) is 23.4 Å². The Morgan fingerprint density at radius 1 is 1.82 bits per heavy atom. The van der Waals surface area contributed by atoms with Crippen molar-refractivity contribution >= 4 is 29.3 Å². The number of rotatable bonds is 1. The number of fused-ring (bicyclic) bond motifs is 1. The van der Waals surface area contributed by atoms with Gasteiger partial charge in [-0.2, -0.15) is 0 Å². The highest BCUT2D eigenvalue weighted by molar-refractivity contribution is 8.00. The summed E-state index contributed by atoms with van der Waals surface area (Å²) in [6, 6.07) is 0. The SMILES string of the molecule is O=C1C(CCl)[C@@H]2SCC=CN12. The maximum atomic E-state index is 11.2. The number of hydrogen-bond acceptors (Lipinski definition) is 2. The molecule has 2 atom stereocenters. The molecule has 1 amide bonds. The highest BCUT2D eigenvalue weighted by Crippen LogP contribution is 2.38. The Kier molecular flexibility index (Phi) is 1.85. The van der Waals surface area contributed by atoms with Crippen LogP contribution in [-0.2, 0) is 4.79 Å². The van der Waals surface area contributed by atoms with E-state index in [1.165, 1.54) is 0 Å². The van der Waals surface area contributed by atoms with Gasteiger partial charge in [0, 0.05) is 17.8 Å². The molecule has 60 valence electrons. The van der Waals surface area contributed by atoms with Gasteiger partial charge in [-0.1, -0.05) is 6.08 Å². The van der Waals surface area contributed by atoms with Crippen molar-refractivity contribution in [1.82, 2.24) is 4.90 Å². The second-order valence-electron chi connectivity index (χ2n) is 2.61. The molecule has 4 heteroatoms. The summed E-state index contributed by atoms with van der Waals surface area (Å²) >= 11 is 7.42. The van der Waals surface area contributed by atoms with Crippen LogP contribution < -0.4 is 0 Å². The van der Waals surface area contributed by atoms with Gasteiger partial charge in [-0.3, -0.25) is 4.79 Å². The van der Waals surface area contributed by atoms with E-state index >= 15 is 0 Å². The molecule has 0 saturated carbocycles. The van der Waals surface area contributed by atoms with Gasteiger partial charge < -0.3 is 4.90 Å². The number of nitrogens with zero attached hydrogens (tertiary/aromatic N) is 1. The van der Waals surface area contributed by atoms with Crippen molar-refractivity contribution in [3.8, 4) is 0 Å². The summed E-state index contributed by atoms with van der Waals surface area (Å²) in [5.74, 6) is 1.70. The first-order valence-corrected chi connectivity index (χ1v) is 5.09. The van der Waals surface area contributed by atoms with Crippen LogP contribution in [0.15, 0.2) is 12.3 Å². The molecule has 2 nitrogen and oxygen atoms in total. The zero-order chi connectivity index (χ0) is 7.84. The minimum Gasteiger partial charge on any atom is -0.306 e. The Hall–Kier alpha value is -0.150. The largest absolute Gasteiger partial charge is 0.306 e. The number of alkyl halides is 1. The van der Waals surface area contributed by atoms with Gasteiger partial charge in [0.05, 0.1) is 11.3 Å². The van der Waals surface area contributed by atoms with E-state index in [4.69, 9.17) is 11.6 Å². The normalized spacial score (nSPS) is 35.0. The van der Waals surface area contributed by atoms with Crippen molar-refractivity contribution in [2.45, 2.75) is 5.37 Å². The van der Waals surface area contributed by atoms with Gasteiger partial charge in [0.25, 0.3) is 0 Å². The molecule has 1 fully saturated rings. The Morgan fingerprint density at radius 3 is 3.36 bits per heavy atom. The predicted octanol–water partition coefficient (Wildman–Crippen LogP) is 1.27. The quantitative estimate of drug-likeness (QED) is 0.458. The summed E-state index contributed by atoms with van der Waals surface area (Å²) in [5.41, 5.74) is 0. The molecule has 0 aromatic heterocycles. The first-order chi connectivity index (χ1) is 5.34. The maximum absolute atomic E-state index is 11.2. The molecule has 11 heavy (non-hydrogen) atoms. The third kappa shape index (κ3) is 0.983. The van der Waals surface area contributed by atoms with Crippen LogP contribution in [0.5, 0.6) is 0 Å². The second kappa shape index (κ2) is 2.72. The second-order valence-corrected chi connectivity index (χ2v) is 4.07. The summed E-state index contributed by atoms with van der Waals surface area (Å²) in [4.78, 5) is 13.0. The average molecular weight is 190 g/mol. The number of hydrogen-bond donors (Lipinski definition) is 0. The minimum atomic E-state index is 0.0617. The fourth-order valence-electron chi connectivity index (χ4n) is 1.36. The molecule has 0 spiro atoms. The molecule has 2 aliphatic heterocycles. The third-order valence-corrected chi connectivity index (χ3v) is 3.60. The molecule has 1 unspecified atom stereocenters. The first-order valence-electron chi connectivity index (χ1n) is 3.51. The number of β-lactam (4-membered cyclic amide) rings is 1. The number of carbonyl (C=O) groups excluding carboxylic acids is 1. The lowest BCUT2D eigenvalue weighted by atomic mass is 10.0. The lowest BCUT2D eigenvalue weighted by Crippen LogP contribution is -2.58. The van der Waals surface area contributed by atoms with Crippen LogP contribution in [0, 0.1) is 5.92 Å². The van der Waals surface area contributed by atoms with E-state index in [0.29, 0.717) is 11.3 Å². The number of halogens is 1. The van der Waals surface area contributed by atoms with Crippen LogP contribution in [-0.4, -0.2) is 27.8 Å². The van der Waals surface area contributed by atoms with Crippen LogP contribution >= 0.6 is 23.4 Å². The van der Waals surface area contributed by atoms with E-state index in [0.717, 1.165) is 5.75 Å². The molecule has 0 aromatic carbocycles. The van der Waals surface area contributed by atoms with Crippen LogP contribution in [0.25, 0.3) is 0 Å². The molecule has 0 radical (unpaired) electrons. The summed E-state index contributed by atoms with van der Waals surface area (Å²) in [6.45, 7) is 0. The van der Waals surface area contributed by atoms with E-state index in [9.17, 15) is 4.79 Å². The smallest absolute Gasteiger partial charge is 0.234 e. The monoisotopic (exact) mass is 189 g/mol. The van der Waals surface area contributed by atoms with Crippen molar-refractivity contribution in [3.05, 3.63) is 12.3 Å². The van der Waals surface area contributed by atoms with Crippen LogP contribution in [0.2, 0.25) is 0 Å². The van der Waals surface area contributed by atoms with Crippen LogP contribution in [0.1, 0.15) is 0 Å². The zero-order valence-electron chi connectivity index (χ0n) is 5.87. The minimum absolute atomic E-state index is 0.0617. The molecule has 0 bridgehead atoms. The lowest BCUT2D eigenvalue weighted by molar-refractivity contribution is -0.144. The van der Waals surface area contributed by atoms with Gasteiger partial charge in [-0.05, 0) is 0 Å². The number of amides is 1. The fourth-order valence-corrected chi connectivity index (χ4v) is 2.94. The Labute approximate surface area is 74.6 Å². The molecule has 2 rings (SSSR count). The molecule has 0 aromatic rings. The highest BCUT2D eigenvalue weighted by atomic mass is 35.5. The van der Waals surface area contributed by atoms with Gasteiger partial charge in [0.2, 0.25) is 5.91 Å².